The highest BCUT2D eigenvalue weighted by Gasteiger charge is 2.21. The number of thiophene rings is 1. The Kier molecular flexibility index (Phi) is 4.09. The van der Waals surface area contributed by atoms with E-state index in [1.807, 2.05) is 0 Å². The van der Waals surface area contributed by atoms with E-state index in [2.05, 4.69) is 5.32 Å². The molecule has 1 aromatic heterocycles. The monoisotopic (exact) mass is 315 g/mol. The number of aliphatic carboxylic acids is 1. The first kappa shape index (κ1) is 13.9. The highest BCUT2D eigenvalue weighted by molar-refractivity contribution is 7.13. The number of carbonyl (C=O) groups excluding carboxylic acids is 1. The van der Waals surface area contributed by atoms with Gasteiger partial charge in [0, 0.05) is 0 Å². The Bertz CT molecular complexity index is 634. The van der Waals surface area contributed by atoms with Gasteiger partial charge in [0.1, 0.15) is 4.88 Å². The largest absolute Gasteiger partial charge is 0.475 e. The zero-order valence-electron chi connectivity index (χ0n) is 9.31. The van der Waals surface area contributed by atoms with Gasteiger partial charge in [0.25, 0.3) is 5.78 Å². The van der Waals surface area contributed by atoms with Gasteiger partial charge in [0.15, 0.2) is 0 Å². The Hall–Kier alpha value is -1.56. The highest BCUT2D eigenvalue weighted by Crippen LogP contribution is 2.35. The van der Waals surface area contributed by atoms with Crippen LogP contribution in [0.4, 0.5) is 11.4 Å². The molecule has 0 spiro atoms. The van der Waals surface area contributed by atoms with Gasteiger partial charge in [-0.2, -0.15) is 0 Å². The average molecular weight is 316 g/mol. The molecule has 0 aliphatic carbocycles. The van der Waals surface area contributed by atoms with Crippen molar-refractivity contribution in [2.45, 2.75) is 0 Å². The molecule has 7 heteroatoms. The Morgan fingerprint density at radius 2 is 1.79 bits per heavy atom. The molecule has 0 atom stereocenters. The van der Waals surface area contributed by atoms with Gasteiger partial charge in [-0.05, 0) is 23.6 Å². The third-order valence-electron chi connectivity index (χ3n) is 2.29. The molecule has 0 unspecified atom stereocenters. The Balaban J connectivity index is 2.38. The van der Waals surface area contributed by atoms with E-state index in [-0.39, 0.29) is 4.88 Å². The number of carbonyl (C=O) groups is 2. The van der Waals surface area contributed by atoms with Crippen LogP contribution in [0.1, 0.15) is 9.67 Å². The minimum Gasteiger partial charge on any atom is -0.475 e. The van der Waals surface area contributed by atoms with E-state index in [0.29, 0.717) is 21.4 Å². The number of nitrogens with one attached hydrogen (secondary N) is 1. The molecular weight excluding hydrogens is 309 g/mol. The highest BCUT2D eigenvalue weighted by atomic mass is 35.5. The molecule has 2 rings (SSSR count). The van der Waals surface area contributed by atoms with E-state index >= 15 is 0 Å². The zero-order valence-corrected chi connectivity index (χ0v) is 11.6. The van der Waals surface area contributed by atoms with Crippen LogP contribution in [0.5, 0.6) is 0 Å². The van der Waals surface area contributed by atoms with Gasteiger partial charge in [-0.25, -0.2) is 4.79 Å². The minimum atomic E-state index is -1.50. The summed E-state index contributed by atoms with van der Waals surface area (Å²) in [5.41, 5.74) is 0.802. The van der Waals surface area contributed by atoms with Crippen molar-refractivity contribution in [1.82, 2.24) is 0 Å². The van der Waals surface area contributed by atoms with Crippen LogP contribution in [0.15, 0.2) is 29.6 Å². The van der Waals surface area contributed by atoms with Crippen LogP contribution >= 0.6 is 34.5 Å². The molecule has 0 aliphatic rings. The molecule has 98 valence electrons. The van der Waals surface area contributed by atoms with Gasteiger partial charge < -0.3 is 10.4 Å². The standard InChI is InChI=1S/C12H7Cl2NO3S/c13-6-2-1-3-7(14)9(6)15-8-4-5-19-11(8)10(16)12(17)18/h1-5,15H,(H,17,18). The molecule has 0 amide bonds. The first-order valence-corrected chi connectivity index (χ1v) is 6.70. The number of Topliss-reactive ketones (excluding diaryl/α,β-unsaturated/α-hetero) is 1. The lowest BCUT2D eigenvalue weighted by Crippen LogP contribution is -2.12. The Morgan fingerprint density at radius 1 is 1.16 bits per heavy atom. The molecule has 0 bridgehead atoms. The molecule has 1 heterocycles. The summed E-state index contributed by atoms with van der Waals surface area (Å²) >= 11 is 13.0. The van der Waals surface area contributed by atoms with Crippen LogP contribution in [0.25, 0.3) is 0 Å². The fraction of sp³-hybridized carbons (Fsp3) is 0. The van der Waals surface area contributed by atoms with Gasteiger partial charge in [-0.1, -0.05) is 29.3 Å². The SMILES string of the molecule is O=C(O)C(=O)c1sccc1Nc1c(Cl)cccc1Cl. The molecule has 0 fully saturated rings. The molecule has 4 nitrogen and oxygen atoms in total. The molecule has 2 N–H and O–H groups in total. The summed E-state index contributed by atoms with van der Waals surface area (Å²) in [4.78, 5) is 22.3. The number of halogens is 2. The van der Waals surface area contributed by atoms with E-state index in [0.717, 1.165) is 11.3 Å². The van der Waals surface area contributed by atoms with Crippen molar-refractivity contribution in [3.8, 4) is 0 Å². The number of para-hydroxylation sites is 1. The molecule has 19 heavy (non-hydrogen) atoms. The van der Waals surface area contributed by atoms with Crippen molar-refractivity contribution < 1.29 is 14.7 Å². The predicted octanol–water partition coefficient (Wildman–Crippen LogP) is 4.07. The van der Waals surface area contributed by atoms with Gasteiger partial charge in [-0.15, -0.1) is 11.3 Å². The van der Waals surface area contributed by atoms with Crippen LogP contribution in [0.2, 0.25) is 10.0 Å². The normalized spacial score (nSPS) is 10.2. The lowest BCUT2D eigenvalue weighted by Gasteiger charge is -2.09. The molecule has 0 aliphatic heterocycles. The fourth-order valence-electron chi connectivity index (χ4n) is 1.43. The first-order valence-electron chi connectivity index (χ1n) is 5.07. The summed E-state index contributed by atoms with van der Waals surface area (Å²) in [6.45, 7) is 0. The van der Waals surface area contributed by atoms with Gasteiger partial charge >= 0.3 is 5.97 Å². The molecule has 0 saturated carbocycles. The summed E-state index contributed by atoms with van der Waals surface area (Å²) in [6.07, 6.45) is 0. The first-order chi connectivity index (χ1) is 9.00. The van der Waals surface area contributed by atoms with Gasteiger partial charge in [-0.3, -0.25) is 4.79 Å². The number of hydrogen-bond acceptors (Lipinski definition) is 4. The Labute approximate surface area is 122 Å². The fourth-order valence-corrected chi connectivity index (χ4v) is 2.71. The van der Waals surface area contributed by atoms with E-state index in [4.69, 9.17) is 28.3 Å². The van der Waals surface area contributed by atoms with Crippen LogP contribution in [0, 0.1) is 0 Å². The van der Waals surface area contributed by atoms with Crippen molar-refractivity contribution in [1.29, 1.82) is 0 Å². The van der Waals surface area contributed by atoms with Crippen molar-refractivity contribution in [3.05, 3.63) is 44.6 Å². The van der Waals surface area contributed by atoms with Crippen molar-refractivity contribution in [2.75, 3.05) is 5.32 Å². The van der Waals surface area contributed by atoms with Crippen molar-refractivity contribution in [3.63, 3.8) is 0 Å². The topological polar surface area (TPSA) is 66.4 Å². The number of hydrogen-bond donors (Lipinski definition) is 2. The minimum absolute atomic E-state index is 0.100. The lowest BCUT2D eigenvalue weighted by molar-refractivity contribution is -0.131. The lowest BCUT2D eigenvalue weighted by atomic mass is 10.2. The van der Waals surface area contributed by atoms with E-state index in [1.165, 1.54) is 0 Å². The zero-order chi connectivity index (χ0) is 14.0. The van der Waals surface area contributed by atoms with Crippen LogP contribution in [0.3, 0.4) is 0 Å². The summed E-state index contributed by atoms with van der Waals surface area (Å²) < 4.78 is 0. The third-order valence-corrected chi connectivity index (χ3v) is 3.83. The maximum Gasteiger partial charge on any atom is 0.378 e. The van der Waals surface area contributed by atoms with Crippen LogP contribution < -0.4 is 5.32 Å². The van der Waals surface area contributed by atoms with Crippen molar-refractivity contribution in [2.24, 2.45) is 0 Å². The maximum absolute atomic E-state index is 11.5. The van der Waals surface area contributed by atoms with E-state index < -0.39 is 11.8 Å². The molecule has 2 aromatic rings. The summed E-state index contributed by atoms with van der Waals surface area (Å²) in [6, 6.07) is 6.56. The second-order valence-corrected chi connectivity index (χ2v) is 5.25. The van der Waals surface area contributed by atoms with Crippen molar-refractivity contribution >= 4 is 57.7 Å². The number of carboxylic acid groups (broad SMARTS) is 1. The van der Waals surface area contributed by atoms with Gasteiger partial charge in [0.05, 0.1) is 21.4 Å². The molecular formula is C12H7Cl2NO3S. The second kappa shape index (κ2) is 5.61. The Morgan fingerprint density at radius 3 is 2.37 bits per heavy atom. The van der Waals surface area contributed by atoms with E-state index in [9.17, 15) is 9.59 Å². The number of carboxylic acids is 1. The summed E-state index contributed by atoms with van der Waals surface area (Å²) in [7, 11) is 0. The molecule has 0 radical (unpaired) electrons. The third kappa shape index (κ3) is 2.89. The summed E-state index contributed by atoms with van der Waals surface area (Å²) in [5, 5.41) is 14.0. The number of anilines is 2. The average Bonchev–Trinajstić information content (AvgIpc) is 2.81. The second-order valence-electron chi connectivity index (χ2n) is 3.52. The molecule has 1 aromatic carbocycles. The van der Waals surface area contributed by atoms with Gasteiger partial charge in [0.2, 0.25) is 0 Å². The maximum atomic E-state index is 11.5. The quantitative estimate of drug-likeness (QED) is 0.659. The summed E-state index contributed by atoms with van der Waals surface area (Å²) in [5.74, 6) is -2.48. The molecule has 0 saturated heterocycles. The predicted molar refractivity (Wildman–Crippen MR) is 76.0 cm³/mol. The number of rotatable bonds is 4. The smallest absolute Gasteiger partial charge is 0.378 e. The number of ketones is 1. The van der Waals surface area contributed by atoms with Crippen LogP contribution in [-0.2, 0) is 4.79 Å². The van der Waals surface area contributed by atoms with E-state index in [1.54, 1.807) is 29.6 Å². The number of benzene rings is 1. The van der Waals surface area contributed by atoms with Crippen LogP contribution in [-0.4, -0.2) is 16.9 Å².